The van der Waals surface area contributed by atoms with E-state index in [1.165, 1.54) is 35.0 Å². The highest BCUT2D eigenvalue weighted by atomic mass is 16.7. The molecule has 228 valence electrons. The number of nitrogens with one attached hydrogen (secondary N) is 2. The van der Waals surface area contributed by atoms with Crippen LogP contribution in [0.4, 0.5) is 15.3 Å². The van der Waals surface area contributed by atoms with E-state index in [0.717, 1.165) is 34.9 Å². The van der Waals surface area contributed by atoms with Crippen molar-refractivity contribution >= 4 is 34.5 Å². The first-order valence-corrected chi connectivity index (χ1v) is 13.7. The number of fused-ring (bicyclic) bond motifs is 1. The van der Waals surface area contributed by atoms with E-state index in [9.17, 15) is 19.5 Å². The Morgan fingerprint density at radius 3 is 2.56 bits per heavy atom. The molecule has 1 heterocycles. The number of hydrogen-bond donors (Lipinski definition) is 3. The molecule has 0 aliphatic heterocycles. The Morgan fingerprint density at radius 2 is 1.84 bits per heavy atom. The third-order valence-corrected chi connectivity index (χ3v) is 6.53. The number of aryl methyl sites for hydroxylation is 1. The van der Waals surface area contributed by atoms with Crippen LogP contribution < -0.4 is 15.4 Å². The molecule has 2 aromatic carbocycles. The molecule has 43 heavy (non-hydrogen) atoms. The number of urea groups is 1. The zero-order valence-electron chi connectivity index (χ0n) is 25.0. The first-order valence-electron chi connectivity index (χ1n) is 13.7. The van der Waals surface area contributed by atoms with Crippen molar-refractivity contribution in [3.05, 3.63) is 71.7 Å². The fraction of sp³-hybridized carbons (Fsp3) is 0.333. The predicted octanol–water partition coefficient (Wildman–Crippen LogP) is 5.07. The number of ether oxygens (including phenoxy) is 1. The molecule has 0 unspecified atom stereocenters. The van der Waals surface area contributed by atoms with Crippen LogP contribution in [0.2, 0.25) is 0 Å². The van der Waals surface area contributed by atoms with Crippen molar-refractivity contribution in [1.29, 1.82) is 0 Å². The zero-order valence-corrected chi connectivity index (χ0v) is 25.0. The van der Waals surface area contributed by atoms with Gasteiger partial charge in [0.1, 0.15) is 11.5 Å². The van der Waals surface area contributed by atoms with Crippen LogP contribution in [0.5, 0.6) is 11.5 Å². The number of phenolic OH excluding ortho intramolecular Hbond substituents is 1. The number of nitrogens with zero attached hydrogens (tertiary/aromatic N) is 5. The van der Waals surface area contributed by atoms with Crippen LogP contribution in [0.1, 0.15) is 41.9 Å². The normalized spacial score (nSPS) is 11.1. The van der Waals surface area contributed by atoms with E-state index in [0.29, 0.717) is 5.75 Å². The Morgan fingerprint density at radius 1 is 1.07 bits per heavy atom. The summed E-state index contributed by atoms with van der Waals surface area (Å²) in [5.41, 5.74) is 1.83. The lowest BCUT2D eigenvalue weighted by Crippen LogP contribution is -2.40. The molecule has 0 atom stereocenters. The second-order valence-corrected chi connectivity index (χ2v) is 9.52. The maximum absolute atomic E-state index is 13.0. The lowest BCUT2D eigenvalue weighted by Gasteiger charge is -2.20. The number of phenols is 1. The molecule has 3 N–H and O–H groups in total. The first-order chi connectivity index (χ1) is 20.7. The minimum Gasteiger partial charge on any atom is -0.507 e. The minimum atomic E-state index is -0.787. The number of rotatable bonds is 12. The third kappa shape index (κ3) is 8.89. The molecule has 3 rings (SSSR count). The number of aromatic hydroxyl groups is 1. The number of likely N-dealkylation sites (N-methyl/N-ethyl adjacent to an activating group) is 2. The average molecular weight is 592 g/mol. The summed E-state index contributed by atoms with van der Waals surface area (Å²) in [6, 6.07) is 9.49. The molecule has 0 aliphatic carbocycles. The van der Waals surface area contributed by atoms with Crippen LogP contribution in [0, 0.1) is 0 Å². The second-order valence-electron chi connectivity index (χ2n) is 9.52. The fourth-order valence-electron chi connectivity index (χ4n) is 3.93. The molecule has 13 heteroatoms. The van der Waals surface area contributed by atoms with Gasteiger partial charge in [-0.05, 0) is 48.6 Å². The van der Waals surface area contributed by atoms with Crippen LogP contribution in [-0.2, 0) is 17.8 Å². The van der Waals surface area contributed by atoms with Gasteiger partial charge in [0.25, 0.3) is 5.91 Å². The Balaban J connectivity index is 1.60. The van der Waals surface area contributed by atoms with Crippen LogP contribution in [0.15, 0.2) is 65.3 Å². The van der Waals surface area contributed by atoms with Gasteiger partial charge in [-0.2, -0.15) is 0 Å². The summed E-state index contributed by atoms with van der Waals surface area (Å²) in [6.07, 6.45) is 5.95. The van der Waals surface area contributed by atoms with E-state index >= 15 is 0 Å². The van der Waals surface area contributed by atoms with Gasteiger partial charge in [-0.25, -0.2) is 9.59 Å². The maximum atomic E-state index is 13.0. The van der Waals surface area contributed by atoms with Crippen LogP contribution in [0.25, 0.3) is 10.8 Å². The monoisotopic (exact) mass is 591 g/mol. The molecule has 4 amide bonds. The molecule has 0 fully saturated rings. The van der Waals surface area contributed by atoms with E-state index < -0.39 is 12.0 Å². The standard InChI is InChI=1S/C30H37N7O6/c1-6-8-13-31-29(40)36(3)14-15-37(4)30(41)43-35-34-22-10-11-26(38)23(17-22)28(39)33-19-25-24-18-32-21(7-2)16-20(24)9-12-27(25)42-5/h8-13,16-18,38H,6-7,14-15,19H2,1-5H3,(H,31,40)(H,33,39)/b13-8-,35-34?. The Hall–Kier alpha value is -5.20. The number of hydrogen-bond acceptors (Lipinski definition) is 9. The van der Waals surface area contributed by atoms with E-state index in [-0.39, 0.29) is 42.7 Å². The number of allylic oxidation sites excluding steroid dienone is 1. The summed E-state index contributed by atoms with van der Waals surface area (Å²) in [6.45, 7) is 4.54. The van der Waals surface area contributed by atoms with Gasteiger partial charge in [-0.1, -0.05) is 26.0 Å². The molecule has 13 nitrogen and oxygen atoms in total. The number of carbonyl (C=O) groups is 3. The van der Waals surface area contributed by atoms with E-state index in [1.807, 2.05) is 38.1 Å². The molecular weight excluding hydrogens is 554 g/mol. The lowest BCUT2D eigenvalue weighted by molar-refractivity contribution is 0.0947. The smallest absolute Gasteiger partial charge is 0.437 e. The fourth-order valence-corrected chi connectivity index (χ4v) is 3.93. The van der Waals surface area contributed by atoms with Crippen molar-refractivity contribution < 1.29 is 29.1 Å². The van der Waals surface area contributed by atoms with Gasteiger partial charge in [0.2, 0.25) is 0 Å². The van der Waals surface area contributed by atoms with Gasteiger partial charge in [0.15, 0.2) is 0 Å². The van der Waals surface area contributed by atoms with Gasteiger partial charge in [-0.15, -0.1) is 5.11 Å². The highest BCUT2D eigenvalue weighted by Crippen LogP contribution is 2.29. The van der Waals surface area contributed by atoms with Crippen molar-refractivity contribution in [1.82, 2.24) is 25.4 Å². The average Bonchev–Trinajstić information content (AvgIpc) is 3.02. The topological polar surface area (TPSA) is 158 Å². The lowest BCUT2D eigenvalue weighted by atomic mass is 10.0. The number of benzene rings is 2. The van der Waals surface area contributed by atoms with Crippen LogP contribution >= 0.6 is 0 Å². The predicted molar refractivity (Wildman–Crippen MR) is 161 cm³/mol. The minimum absolute atomic E-state index is 0.0411. The number of carbonyl (C=O) groups excluding carboxylic acids is 3. The van der Waals surface area contributed by atoms with Crippen molar-refractivity contribution in [2.24, 2.45) is 10.4 Å². The van der Waals surface area contributed by atoms with Crippen molar-refractivity contribution in [3.8, 4) is 11.5 Å². The number of amides is 4. The Labute approximate surface area is 250 Å². The molecule has 0 spiro atoms. The largest absolute Gasteiger partial charge is 0.507 e. The summed E-state index contributed by atoms with van der Waals surface area (Å²) in [7, 11) is 4.65. The molecular formula is C30H37N7O6. The Bertz CT molecular complexity index is 1510. The molecule has 3 aromatic rings. The van der Waals surface area contributed by atoms with Crippen LogP contribution in [0.3, 0.4) is 0 Å². The van der Waals surface area contributed by atoms with Crippen molar-refractivity contribution in [3.63, 3.8) is 0 Å². The summed E-state index contributed by atoms with van der Waals surface area (Å²) in [5.74, 6) is -0.219. The molecule has 0 radical (unpaired) electrons. The molecule has 1 aromatic heterocycles. The highest BCUT2D eigenvalue weighted by molar-refractivity contribution is 5.98. The van der Waals surface area contributed by atoms with Gasteiger partial charge in [0.05, 0.1) is 18.4 Å². The van der Waals surface area contributed by atoms with E-state index in [2.05, 4.69) is 26.0 Å². The molecule has 0 saturated carbocycles. The number of aromatic nitrogens is 1. The zero-order chi connectivity index (χ0) is 31.4. The quantitative estimate of drug-likeness (QED) is 0.196. The SMILES string of the molecule is CC/C=C\NC(=O)N(C)CCN(C)C(=O)ON=Nc1ccc(O)c(C(=O)NCc2c(OC)ccc3cc(CC)ncc23)c1. The van der Waals surface area contributed by atoms with Gasteiger partial charge >= 0.3 is 12.1 Å². The maximum Gasteiger partial charge on any atom is 0.437 e. The Kier molecular flexibility index (Phi) is 11.8. The highest BCUT2D eigenvalue weighted by Gasteiger charge is 2.16. The summed E-state index contributed by atoms with van der Waals surface area (Å²) >= 11 is 0. The second kappa shape index (κ2) is 15.7. The molecule has 0 saturated heterocycles. The van der Waals surface area contributed by atoms with Crippen molar-refractivity contribution in [2.75, 3.05) is 34.3 Å². The molecule has 0 bridgehead atoms. The van der Waals surface area contributed by atoms with Gasteiger partial charge in [-0.3, -0.25) is 14.6 Å². The molecule has 0 aliphatic rings. The third-order valence-electron chi connectivity index (χ3n) is 6.53. The van der Waals surface area contributed by atoms with Gasteiger partial charge < -0.3 is 30.3 Å². The van der Waals surface area contributed by atoms with Gasteiger partial charge in [0, 0.05) is 68.0 Å². The summed E-state index contributed by atoms with van der Waals surface area (Å²) in [4.78, 5) is 49.2. The van der Waals surface area contributed by atoms with E-state index in [4.69, 9.17) is 9.57 Å². The van der Waals surface area contributed by atoms with Crippen LogP contribution in [-0.4, -0.2) is 72.2 Å². The number of methoxy groups -OCH3 is 1. The number of pyridine rings is 1. The summed E-state index contributed by atoms with van der Waals surface area (Å²) < 4.78 is 5.50. The van der Waals surface area contributed by atoms with E-state index in [1.54, 1.807) is 26.6 Å². The van der Waals surface area contributed by atoms with Crippen molar-refractivity contribution in [2.45, 2.75) is 33.2 Å². The summed E-state index contributed by atoms with van der Waals surface area (Å²) in [5, 5.41) is 24.9. The first kappa shape index (κ1) is 32.3.